The lowest BCUT2D eigenvalue weighted by molar-refractivity contribution is -0.145. The number of carbonyl (C=O) groups excluding carboxylic acids is 2. The highest BCUT2D eigenvalue weighted by atomic mass is 31.2. The van der Waals surface area contributed by atoms with E-state index in [1.807, 2.05) is 30.3 Å². The largest absolute Gasteiger partial charge is 0.467 e. The molecule has 0 aliphatic carbocycles. The topological polar surface area (TPSA) is 81.7 Å². The molecule has 2 atom stereocenters. The molecule has 6 nitrogen and oxygen atoms in total. The van der Waals surface area contributed by atoms with Crippen molar-refractivity contribution in [3.63, 3.8) is 0 Å². The predicted molar refractivity (Wildman–Crippen MR) is 84.1 cm³/mol. The highest BCUT2D eigenvalue weighted by Gasteiger charge is 2.25. The van der Waals surface area contributed by atoms with Gasteiger partial charge in [-0.25, -0.2) is 4.79 Å². The summed E-state index contributed by atoms with van der Waals surface area (Å²) in [5, 5.41) is 2.62. The van der Waals surface area contributed by atoms with Crippen LogP contribution in [0.4, 0.5) is 0 Å². The van der Waals surface area contributed by atoms with E-state index in [1.165, 1.54) is 20.9 Å². The fourth-order valence-electron chi connectivity index (χ4n) is 1.87. The van der Waals surface area contributed by atoms with Crippen LogP contribution in [0.25, 0.3) is 0 Å². The zero-order chi connectivity index (χ0) is 16.6. The van der Waals surface area contributed by atoms with Crippen LogP contribution < -0.4 is 5.32 Å². The standard InChI is InChI=1S/C15H22NO5P/c1-20-15(18)13(9-10-22(3,19)21-2)16-14(17)11-12-7-5-4-6-8-12/h4-8,13H,9-11H2,1-3H3,(H,16,17). The molecule has 1 aromatic carbocycles. The Hall–Kier alpha value is -1.65. The summed E-state index contributed by atoms with van der Waals surface area (Å²) in [4.78, 5) is 23.8. The molecule has 1 amide bonds. The zero-order valence-corrected chi connectivity index (χ0v) is 14.0. The maximum atomic E-state index is 12.0. The summed E-state index contributed by atoms with van der Waals surface area (Å²) < 4.78 is 21.5. The minimum Gasteiger partial charge on any atom is -0.467 e. The van der Waals surface area contributed by atoms with Gasteiger partial charge >= 0.3 is 5.97 Å². The van der Waals surface area contributed by atoms with Crippen molar-refractivity contribution in [2.24, 2.45) is 0 Å². The van der Waals surface area contributed by atoms with Gasteiger partial charge < -0.3 is 14.6 Å². The van der Waals surface area contributed by atoms with Crippen molar-refractivity contribution in [2.75, 3.05) is 27.0 Å². The Labute approximate surface area is 130 Å². The van der Waals surface area contributed by atoms with Gasteiger partial charge in [0.25, 0.3) is 0 Å². The van der Waals surface area contributed by atoms with Crippen LogP contribution in [0.3, 0.4) is 0 Å². The molecule has 0 bridgehead atoms. The number of amides is 1. The molecule has 1 aromatic rings. The molecule has 122 valence electrons. The first kappa shape index (κ1) is 18.4. The molecule has 0 heterocycles. The fraction of sp³-hybridized carbons (Fsp3) is 0.467. The fourth-order valence-corrected chi connectivity index (χ4v) is 2.78. The summed E-state index contributed by atoms with van der Waals surface area (Å²) in [5.74, 6) is -0.845. The third-order valence-electron chi connectivity index (χ3n) is 3.24. The van der Waals surface area contributed by atoms with E-state index in [2.05, 4.69) is 10.1 Å². The predicted octanol–water partition coefficient (Wildman–Crippen LogP) is 1.83. The van der Waals surface area contributed by atoms with Gasteiger partial charge in [-0.1, -0.05) is 30.3 Å². The van der Waals surface area contributed by atoms with Crippen LogP contribution in [-0.4, -0.2) is 45.0 Å². The molecule has 1 rings (SSSR count). The third-order valence-corrected chi connectivity index (χ3v) is 5.08. The minimum atomic E-state index is -2.75. The molecule has 22 heavy (non-hydrogen) atoms. The summed E-state index contributed by atoms with van der Waals surface area (Å²) in [6, 6.07) is 8.38. The SMILES string of the molecule is COC(=O)C(CCP(C)(=O)OC)NC(=O)Cc1ccccc1. The first-order valence-corrected chi connectivity index (χ1v) is 9.17. The normalized spacial score (nSPS) is 14.7. The lowest BCUT2D eigenvalue weighted by Gasteiger charge is -2.18. The quantitative estimate of drug-likeness (QED) is 0.582. The maximum absolute atomic E-state index is 12.0. The second-order valence-electron chi connectivity index (χ2n) is 5.01. The van der Waals surface area contributed by atoms with E-state index in [1.54, 1.807) is 0 Å². The Kier molecular flexibility index (Phi) is 7.28. The number of hydrogen-bond donors (Lipinski definition) is 1. The first-order valence-electron chi connectivity index (χ1n) is 6.91. The van der Waals surface area contributed by atoms with Gasteiger partial charge in [0, 0.05) is 19.9 Å². The Morgan fingerprint density at radius 3 is 2.41 bits per heavy atom. The van der Waals surface area contributed by atoms with Gasteiger partial charge in [-0.3, -0.25) is 9.36 Å². The monoisotopic (exact) mass is 327 g/mol. The molecular formula is C15H22NO5P. The molecule has 0 aromatic heterocycles. The number of carbonyl (C=O) groups is 2. The number of methoxy groups -OCH3 is 1. The highest BCUT2D eigenvalue weighted by Crippen LogP contribution is 2.42. The molecule has 0 saturated carbocycles. The molecule has 0 radical (unpaired) electrons. The average molecular weight is 327 g/mol. The number of rotatable bonds is 8. The molecule has 0 spiro atoms. The third kappa shape index (κ3) is 6.41. The van der Waals surface area contributed by atoms with Crippen molar-refractivity contribution in [3.8, 4) is 0 Å². The lowest BCUT2D eigenvalue weighted by Crippen LogP contribution is -2.42. The van der Waals surface area contributed by atoms with Crippen molar-refractivity contribution in [3.05, 3.63) is 35.9 Å². The van der Waals surface area contributed by atoms with Gasteiger partial charge in [-0.05, 0) is 12.0 Å². The molecular weight excluding hydrogens is 305 g/mol. The van der Waals surface area contributed by atoms with Crippen LogP contribution in [0.1, 0.15) is 12.0 Å². The second kappa shape index (κ2) is 8.71. The number of nitrogens with one attached hydrogen (secondary N) is 1. The van der Waals surface area contributed by atoms with Crippen molar-refractivity contribution in [1.82, 2.24) is 5.32 Å². The number of esters is 1. The van der Waals surface area contributed by atoms with Gasteiger partial charge in [-0.2, -0.15) is 0 Å². The number of hydrogen-bond acceptors (Lipinski definition) is 5. The van der Waals surface area contributed by atoms with E-state index < -0.39 is 19.4 Å². The van der Waals surface area contributed by atoms with Crippen LogP contribution >= 0.6 is 7.37 Å². The van der Waals surface area contributed by atoms with E-state index in [4.69, 9.17) is 4.52 Å². The molecule has 0 saturated heterocycles. The van der Waals surface area contributed by atoms with Gasteiger partial charge in [-0.15, -0.1) is 0 Å². The van der Waals surface area contributed by atoms with Gasteiger partial charge in [0.05, 0.1) is 13.5 Å². The van der Waals surface area contributed by atoms with E-state index in [0.29, 0.717) is 0 Å². The molecule has 2 unspecified atom stereocenters. The average Bonchev–Trinajstić information content (AvgIpc) is 2.51. The second-order valence-corrected chi connectivity index (χ2v) is 7.86. The molecule has 0 aliphatic heterocycles. The summed E-state index contributed by atoms with van der Waals surface area (Å²) in [6.45, 7) is 1.49. The summed E-state index contributed by atoms with van der Waals surface area (Å²) in [6.07, 6.45) is 0.562. The lowest BCUT2D eigenvalue weighted by atomic mass is 10.1. The van der Waals surface area contributed by atoms with Gasteiger partial charge in [0.2, 0.25) is 5.91 Å². The summed E-state index contributed by atoms with van der Waals surface area (Å²) in [7, 11) is -0.133. The van der Waals surface area contributed by atoms with Gasteiger partial charge in [0.1, 0.15) is 6.04 Å². The minimum absolute atomic E-state index is 0.169. The van der Waals surface area contributed by atoms with E-state index in [0.717, 1.165) is 5.56 Å². The van der Waals surface area contributed by atoms with Crippen LogP contribution in [0.15, 0.2) is 30.3 Å². The first-order chi connectivity index (χ1) is 10.4. The highest BCUT2D eigenvalue weighted by molar-refractivity contribution is 7.58. The van der Waals surface area contributed by atoms with E-state index in [9.17, 15) is 14.2 Å². The Morgan fingerprint density at radius 2 is 1.86 bits per heavy atom. The molecule has 7 heteroatoms. The molecule has 0 aliphatic rings. The Balaban J connectivity index is 2.63. The molecule has 0 fully saturated rings. The van der Waals surface area contributed by atoms with Crippen LogP contribution in [0, 0.1) is 0 Å². The van der Waals surface area contributed by atoms with Gasteiger partial charge in [0.15, 0.2) is 7.37 Å². The van der Waals surface area contributed by atoms with Crippen LogP contribution in [0.2, 0.25) is 0 Å². The van der Waals surface area contributed by atoms with Crippen molar-refractivity contribution in [2.45, 2.75) is 18.9 Å². The van der Waals surface area contributed by atoms with Crippen molar-refractivity contribution >= 4 is 19.2 Å². The van der Waals surface area contributed by atoms with Crippen LogP contribution in [0.5, 0.6) is 0 Å². The van der Waals surface area contributed by atoms with Crippen molar-refractivity contribution < 1.29 is 23.4 Å². The molecule has 1 N–H and O–H groups in total. The van der Waals surface area contributed by atoms with E-state index in [-0.39, 0.29) is 24.9 Å². The summed E-state index contributed by atoms with van der Waals surface area (Å²) in [5.41, 5.74) is 0.849. The Morgan fingerprint density at radius 1 is 1.23 bits per heavy atom. The zero-order valence-electron chi connectivity index (χ0n) is 13.1. The number of benzene rings is 1. The van der Waals surface area contributed by atoms with E-state index >= 15 is 0 Å². The summed E-state index contributed by atoms with van der Waals surface area (Å²) >= 11 is 0. The Bertz CT molecular complexity index is 546. The van der Waals surface area contributed by atoms with Crippen LogP contribution in [-0.2, 0) is 29.8 Å². The smallest absolute Gasteiger partial charge is 0.328 e. The van der Waals surface area contributed by atoms with Crippen molar-refractivity contribution in [1.29, 1.82) is 0 Å². The maximum Gasteiger partial charge on any atom is 0.328 e. The number of ether oxygens (including phenoxy) is 1.